The fourth-order valence-electron chi connectivity index (χ4n) is 2.61. The number of nitrogens with two attached hydrogens (primary N) is 1. The van der Waals surface area contributed by atoms with Crippen molar-refractivity contribution in [1.29, 1.82) is 0 Å². The van der Waals surface area contributed by atoms with Crippen LogP contribution in [0.15, 0.2) is 63.9 Å². The van der Waals surface area contributed by atoms with Crippen LogP contribution >= 0.6 is 0 Å². The van der Waals surface area contributed by atoms with Crippen LogP contribution in [0.1, 0.15) is 5.89 Å². The number of hydrogen-bond donors (Lipinski definition) is 2. The van der Waals surface area contributed by atoms with Gasteiger partial charge >= 0.3 is 6.09 Å². The van der Waals surface area contributed by atoms with Crippen LogP contribution in [-0.4, -0.2) is 43.1 Å². The number of primary sulfonamides is 1. The number of carbonyl (C=O) groups is 1. The number of hydrogen-bond acceptors (Lipinski definition) is 5. The van der Waals surface area contributed by atoms with Gasteiger partial charge in [0.05, 0.1) is 4.90 Å². The number of nitrogens with zero attached hydrogens (tertiary/aromatic N) is 2. The molecule has 1 aromatic heterocycles. The zero-order valence-corrected chi connectivity index (χ0v) is 15.9. The van der Waals surface area contributed by atoms with Crippen molar-refractivity contribution >= 4 is 16.1 Å². The quantitative estimate of drug-likeness (QED) is 0.654. The van der Waals surface area contributed by atoms with Crippen LogP contribution in [-0.2, 0) is 16.4 Å². The van der Waals surface area contributed by atoms with Crippen LogP contribution < -0.4 is 5.14 Å². The Labute approximate surface area is 162 Å². The minimum atomic E-state index is -3.79. The molecule has 0 radical (unpaired) electrons. The lowest BCUT2D eigenvalue weighted by molar-refractivity contribution is 0.155. The van der Waals surface area contributed by atoms with E-state index in [9.17, 15) is 13.2 Å². The molecule has 0 atom stereocenters. The van der Waals surface area contributed by atoms with Gasteiger partial charge in [0.2, 0.25) is 10.0 Å². The molecule has 0 unspecified atom stereocenters. The summed E-state index contributed by atoms with van der Waals surface area (Å²) in [4.78, 5) is 16.6. The third-order valence-corrected chi connectivity index (χ3v) is 5.08. The van der Waals surface area contributed by atoms with Gasteiger partial charge in [0.25, 0.3) is 0 Å². The fourth-order valence-corrected chi connectivity index (χ4v) is 3.13. The summed E-state index contributed by atoms with van der Waals surface area (Å²) in [5, 5.41) is 14.1. The predicted octanol–water partition coefficient (Wildman–Crippen LogP) is 2.81. The molecule has 0 saturated heterocycles. The molecule has 0 aliphatic heterocycles. The second kappa shape index (κ2) is 7.83. The normalized spacial score (nSPS) is 11.4. The topological polar surface area (TPSA) is 127 Å². The number of benzene rings is 2. The van der Waals surface area contributed by atoms with Crippen LogP contribution in [0.25, 0.3) is 22.6 Å². The van der Waals surface area contributed by atoms with Gasteiger partial charge < -0.3 is 14.4 Å². The fraction of sp³-hybridized carbons (Fsp3) is 0.158. The Hall–Kier alpha value is -3.17. The predicted molar refractivity (Wildman–Crippen MR) is 103 cm³/mol. The molecule has 28 heavy (non-hydrogen) atoms. The molecule has 8 nitrogen and oxygen atoms in total. The molecular weight excluding hydrogens is 382 g/mol. The van der Waals surface area contributed by atoms with Crippen molar-refractivity contribution in [3.63, 3.8) is 0 Å². The maximum Gasteiger partial charge on any atom is 0.407 e. The highest BCUT2D eigenvalue weighted by Crippen LogP contribution is 2.33. The van der Waals surface area contributed by atoms with E-state index in [0.29, 0.717) is 29.3 Å². The summed E-state index contributed by atoms with van der Waals surface area (Å²) < 4.78 is 28.8. The molecule has 146 valence electrons. The van der Waals surface area contributed by atoms with Gasteiger partial charge in [-0.15, -0.1) is 0 Å². The zero-order valence-electron chi connectivity index (χ0n) is 15.1. The van der Waals surface area contributed by atoms with E-state index < -0.39 is 16.1 Å². The highest BCUT2D eigenvalue weighted by Gasteiger charge is 2.18. The van der Waals surface area contributed by atoms with Gasteiger partial charge in [0.1, 0.15) is 5.69 Å². The number of aromatic nitrogens is 1. The van der Waals surface area contributed by atoms with Crippen LogP contribution in [0.4, 0.5) is 4.79 Å². The summed E-state index contributed by atoms with van der Waals surface area (Å²) in [6, 6.07) is 15.4. The van der Waals surface area contributed by atoms with Crippen LogP contribution in [0.3, 0.4) is 0 Å². The molecule has 3 aromatic rings. The molecule has 0 fully saturated rings. The zero-order chi connectivity index (χ0) is 20.3. The summed E-state index contributed by atoms with van der Waals surface area (Å²) in [7, 11) is -2.32. The van der Waals surface area contributed by atoms with Gasteiger partial charge in [-0.05, 0) is 24.3 Å². The average molecular weight is 401 g/mol. The molecule has 0 aliphatic rings. The maximum absolute atomic E-state index is 11.5. The standard InChI is InChI=1S/C19H19N3O5S/c1-22(19(23)24)12-11-16-21-17(13-5-3-2-4-6-13)18(27-16)14-7-9-15(10-8-14)28(20,25)26/h2-10H,11-12H2,1H3,(H,23,24)(H2,20,25,26). The second-order valence-electron chi connectivity index (χ2n) is 6.17. The van der Waals surface area contributed by atoms with Crippen molar-refractivity contribution in [2.45, 2.75) is 11.3 Å². The molecule has 1 heterocycles. The Bertz CT molecular complexity index is 1080. The van der Waals surface area contributed by atoms with Gasteiger partial charge in [0.15, 0.2) is 11.7 Å². The minimum Gasteiger partial charge on any atom is -0.465 e. The molecule has 3 rings (SSSR count). The lowest BCUT2D eigenvalue weighted by Gasteiger charge is -2.10. The van der Waals surface area contributed by atoms with Crippen molar-refractivity contribution in [3.05, 3.63) is 60.5 Å². The molecule has 0 aliphatic carbocycles. The highest BCUT2D eigenvalue weighted by atomic mass is 32.2. The Morgan fingerprint density at radius 2 is 1.75 bits per heavy atom. The van der Waals surface area contributed by atoms with E-state index in [4.69, 9.17) is 14.7 Å². The van der Waals surface area contributed by atoms with E-state index in [2.05, 4.69) is 4.98 Å². The summed E-state index contributed by atoms with van der Waals surface area (Å²) in [5.74, 6) is 0.859. The first-order valence-electron chi connectivity index (χ1n) is 8.38. The number of rotatable bonds is 6. The first kappa shape index (κ1) is 19.6. The molecule has 2 aromatic carbocycles. The molecule has 9 heteroatoms. The van der Waals surface area contributed by atoms with E-state index in [1.54, 1.807) is 12.1 Å². The Balaban J connectivity index is 2.00. The Kier molecular flexibility index (Phi) is 5.48. The van der Waals surface area contributed by atoms with Crippen molar-refractivity contribution in [2.24, 2.45) is 5.14 Å². The number of amides is 1. The smallest absolute Gasteiger partial charge is 0.407 e. The second-order valence-corrected chi connectivity index (χ2v) is 7.74. The summed E-state index contributed by atoms with van der Waals surface area (Å²) in [6.45, 7) is 0.230. The van der Waals surface area contributed by atoms with Crippen LogP contribution in [0.5, 0.6) is 0 Å². The van der Waals surface area contributed by atoms with Crippen molar-refractivity contribution in [3.8, 4) is 22.6 Å². The monoisotopic (exact) mass is 401 g/mol. The average Bonchev–Trinajstić information content (AvgIpc) is 3.10. The van der Waals surface area contributed by atoms with E-state index in [0.717, 1.165) is 10.5 Å². The SMILES string of the molecule is CN(CCc1nc(-c2ccccc2)c(-c2ccc(S(N)(=O)=O)cc2)o1)C(=O)O. The number of oxazole rings is 1. The molecule has 1 amide bonds. The van der Waals surface area contributed by atoms with E-state index in [1.165, 1.54) is 19.2 Å². The number of carboxylic acid groups (broad SMARTS) is 1. The minimum absolute atomic E-state index is 0.000308. The highest BCUT2D eigenvalue weighted by molar-refractivity contribution is 7.89. The van der Waals surface area contributed by atoms with E-state index in [-0.39, 0.29) is 11.4 Å². The molecule has 0 saturated carbocycles. The first-order valence-corrected chi connectivity index (χ1v) is 9.93. The number of likely N-dealkylation sites (N-methyl/N-ethyl adjacent to an activating group) is 1. The largest absolute Gasteiger partial charge is 0.465 e. The molecule has 3 N–H and O–H groups in total. The van der Waals surface area contributed by atoms with Crippen molar-refractivity contribution in [1.82, 2.24) is 9.88 Å². The van der Waals surface area contributed by atoms with Gasteiger partial charge in [-0.25, -0.2) is 23.3 Å². The van der Waals surface area contributed by atoms with Gasteiger partial charge in [-0.3, -0.25) is 0 Å². The summed E-state index contributed by atoms with van der Waals surface area (Å²) in [5.41, 5.74) is 2.06. The first-order chi connectivity index (χ1) is 13.3. The maximum atomic E-state index is 11.5. The van der Waals surface area contributed by atoms with E-state index >= 15 is 0 Å². The lowest BCUT2D eigenvalue weighted by atomic mass is 10.1. The van der Waals surface area contributed by atoms with Crippen molar-refractivity contribution < 1.29 is 22.7 Å². The van der Waals surface area contributed by atoms with Gasteiger partial charge in [-0.2, -0.15) is 0 Å². The third-order valence-electron chi connectivity index (χ3n) is 4.15. The van der Waals surface area contributed by atoms with Crippen LogP contribution in [0, 0.1) is 0 Å². The Morgan fingerprint density at radius 3 is 2.32 bits per heavy atom. The summed E-state index contributed by atoms with van der Waals surface area (Å²) >= 11 is 0. The molecule has 0 bridgehead atoms. The summed E-state index contributed by atoms with van der Waals surface area (Å²) in [6.07, 6.45) is -0.730. The van der Waals surface area contributed by atoms with Crippen LogP contribution in [0.2, 0.25) is 0 Å². The Morgan fingerprint density at radius 1 is 1.11 bits per heavy atom. The van der Waals surface area contributed by atoms with E-state index in [1.807, 2.05) is 30.3 Å². The van der Waals surface area contributed by atoms with Crippen molar-refractivity contribution in [2.75, 3.05) is 13.6 Å². The number of sulfonamides is 1. The third kappa shape index (κ3) is 4.38. The lowest BCUT2D eigenvalue weighted by Crippen LogP contribution is -2.26. The van der Waals surface area contributed by atoms with Gasteiger partial charge in [-0.1, -0.05) is 30.3 Å². The van der Waals surface area contributed by atoms with Gasteiger partial charge in [0, 0.05) is 31.1 Å². The molecular formula is C19H19N3O5S. The molecule has 0 spiro atoms.